The van der Waals surface area contributed by atoms with Gasteiger partial charge in [-0.15, -0.1) is 0 Å². The van der Waals surface area contributed by atoms with Crippen LogP contribution in [-0.4, -0.2) is 6.61 Å². The smallest absolute Gasteiger partial charge is 0.133 e. The third-order valence-electron chi connectivity index (χ3n) is 4.59. The molecule has 1 aromatic heterocycles. The maximum Gasteiger partial charge on any atom is 0.133 e. The molecule has 0 spiro atoms. The second kappa shape index (κ2) is 4.02. The molecule has 0 N–H and O–H groups in total. The monoisotopic (exact) mass is 232 g/mol. The summed E-state index contributed by atoms with van der Waals surface area (Å²) < 4.78 is 11.6. The number of furan rings is 1. The van der Waals surface area contributed by atoms with E-state index in [0.29, 0.717) is 23.7 Å². The quantitative estimate of drug-likeness (QED) is 0.687. The van der Waals surface area contributed by atoms with Crippen molar-refractivity contribution < 1.29 is 9.15 Å². The zero-order chi connectivity index (χ0) is 12.0. The molecule has 2 nitrogen and oxygen atoms in total. The van der Waals surface area contributed by atoms with Gasteiger partial charge in [0.15, 0.2) is 0 Å². The Hall–Kier alpha value is -1.02. The molecule has 0 aromatic carbocycles. The lowest BCUT2D eigenvalue weighted by molar-refractivity contribution is -0.101. The lowest BCUT2D eigenvalue weighted by Crippen LogP contribution is -2.42. The average Bonchev–Trinajstić information content (AvgIpc) is 2.78. The number of hydrogen-bond donors (Lipinski definition) is 0. The fraction of sp³-hybridized carbons (Fsp3) is 0.600. The summed E-state index contributed by atoms with van der Waals surface area (Å²) in [7, 11) is 0. The lowest BCUT2D eigenvalue weighted by atomic mass is 9.65. The van der Waals surface area contributed by atoms with E-state index in [2.05, 4.69) is 26.8 Å². The first-order chi connectivity index (χ1) is 8.18. The molecular formula is C15H20O2. The molecular weight excluding hydrogens is 212 g/mol. The van der Waals surface area contributed by atoms with Gasteiger partial charge in [0, 0.05) is 5.92 Å². The summed E-state index contributed by atoms with van der Waals surface area (Å²) in [5, 5.41) is 0. The van der Waals surface area contributed by atoms with Gasteiger partial charge in [-0.3, -0.25) is 0 Å². The highest BCUT2D eigenvalue weighted by Crippen LogP contribution is 2.49. The molecule has 2 bridgehead atoms. The average molecular weight is 232 g/mol. The van der Waals surface area contributed by atoms with Gasteiger partial charge in [0.05, 0.1) is 12.9 Å². The number of hydrogen-bond acceptors (Lipinski definition) is 2. The third kappa shape index (κ3) is 1.66. The molecule has 0 saturated carbocycles. The Morgan fingerprint density at radius 2 is 2.12 bits per heavy atom. The van der Waals surface area contributed by atoms with E-state index in [4.69, 9.17) is 9.15 Å². The van der Waals surface area contributed by atoms with Crippen molar-refractivity contribution in [1.29, 1.82) is 0 Å². The van der Waals surface area contributed by atoms with Crippen LogP contribution in [0.25, 0.3) is 0 Å². The minimum absolute atomic E-state index is 0.111. The van der Waals surface area contributed by atoms with Crippen LogP contribution in [0, 0.1) is 23.7 Å². The van der Waals surface area contributed by atoms with E-state index in [-0.39, 0.29) is 6.10 Å². The summed E-state index contributed by atoms with van der Waals surface area (Å²) in [6.07, 6.45) is 4.27. The molecule has 1 aliphatic carbocycles. The Balaban J connectivity index is 1.97. The molecule has 0 radical (unpaired) electrons. The standard InChI is InChI=1S/C15H20O2/c1-9-7-10(2)14-11(3)12(9)8-17-15(14)13-5-4-6-16-13/h4-7,9,11-12,14-15H,8H2,1-3H3/t9-,11-,12-,14+,15+/m0/s1. The van der Waals surface area contributed by atoms with Crippen LogP contribution in [0.15, 0.2) is 34.5 Å². The molecule has 5 atom stereocenters. The van der Waals surface area contributed by atoms with E-state index >= 15 is 0 Å². The molecule has 92 valence electrons. The Bertz CT molecular complexity index is 418. The van der Waals surface area contributed by atoms with Crippen molar-refractivity contribution in [2.75, 3.05) is 6.61 Å². The second-order valence-corrected chi connectivity index (χ2v) is 5.59. The van der Waals surface area contributed by atoms with Gasteiger partial charge in [0.25, 0.3) is 0 Å². The zero-order valence-corrected chi connectivity index (χ0v) is 10.7. The molecule has 1 aliphatic heterocycles. The summed E-state index contributed by atoms with van der Waals surface area (Å²) in [5.41, 5.74) is 1.46. The summed E-state index contributed by atoms with van der Waals surface area (Å²) in [6.45, 7) is 7.75. The molecule has 2 aliphatic rings. The highest BCUT2D eigenvalue weighted by atomic mass is 16.5. The van der Waals surface area contributed by atoms with Crippen LogP contribution in [0.2, 0.25) is 0 Å². The van der Waals surface area contributed by atoms with Gasteiger partial charge in [0.1, 0.15) is 11.9 Å². The molecule has 1 fully saturated rings. The number of rotatable bonds is 1. The van der Waals surface area contributed by atoms with Crippen molar-refractivity contribution in [3.63, 3.8) is 0 Å². The topological polar surface area (TPSA) is 22.4 Å². The van der Waals surface area contributed by atoms with E-state index in [9.17, 15) is 0 Å². The highest BCUT2D eigenvalue weighted by molar-refractivity contribution is 5.20. The van der Waals surface area contributed by atoms with E-state index in [1.165, 1.54) is 5.57 Å². The van der Waals surface area contributed by atoms with Crippen LogP contribution in [0.3, 0.4) is 0 Å². The predicted molar refractivity (Wildman–Crippen MR) is 66.5 cm³/mol. The largest absolute Gasteiger partial charge is 0.467 e. The third-order valence-corrected chi connectivity index (χ3v) is 4.59. The normalized spacial score (nSPS) is 41.1. The first-order valence-electron chi connectivity index (χ1n) is 6.52. The Morgan fingerprint density at radius 1 is 1.29 bits per heavy atom. The van der Waals surface area contributed by atoms with Crippen molar-refractivity contribution in [3.05, 3.63) is 35.8 Å². The van der Waals surface area contributed by atoms with Crippen molar-refractivity contribution in [3.8, 4) is 0 Å². The summed E-state index contributed by atoms with van der Waals surface area (Å²) in [5.74, 6) is 3.44. The molecule has 2 heteroatoms. The van der Waals surface area contributed by atoms with Crippen molar-refractivity contribution in [1.82, 2.24) is 0 Å². The number of allylic oxidation sites excluding steroid dienone is 1. The number of fused-ring (bicyclic) bond motifs is 2. The molecule has 17 heavy (non-hydrogen) atoms. The minimum Gasteiger partial charge on any atom is -0.467 e. The SMILES string of the molecule is CC1=C[C@H](C)[C@@H]2CO[C@H](c3ccco3)[C@H]1[C@H]2C. The van der Waals surface area contributed by atoms with Crippen LogP contribution in [-0.2, 0) is 4.74 Å². The summed E-state index contributed by atoms with van der Waals surface area (Å²) in [4.78, 5) is 0. The first kappa shape index (κ1) is 11.1. The van der Waals surface area contributed by atoms with Gasteiger partial charge in [-0.1, -0.05) is 25.5 Å². The van der Waals surface area contributed by atoms with Crippen molar-refractivity contribution >= 4 is 0 Å². The maximum absolute atomic E-state index is 6.07. The van der Waals surface area contributed by atoms with Crippen LogP contribution in [0.5, 0.6) is 0 Å². The fourth-order valence-electron chi connectivity index (χ4n) is 3.66. The van der Waals surface area contributed by atoms with Crippen LogP contribution >= 0.6 is 0 Å². The predicted octanol–water partition coefficient (Wildman–Crippen LogP) is 3.82. The second-order valence-electron chi connectivity index (χ2n) is 5.59. The maximum atomic E-state index is 6.07. The molecule has 0 amide bonds. The van der Waals surface area contributed by atoms with Gasteiger partial charge in [-0.25, -0.2) is 0 Å². The van der Waals surface area contributed by atoms with Crippen LogP contribution in [0.4, 0.5) is 0 Å². The Kier molecular flexibility index (Phi) is 2.62. The molecule has 1 aromatic rings. The Labute approximate surface area is 103 Å². The minimum atomic E-state index is 0.111. The van der Waals surface area contributed by atoms with Crippen molar-refractivity contribution in [2.45, 2.75) is 26.9 Å². The summed E-state index contributed by atoms with van der Waals surface area (Å²) in [6, 6.07) is 3.98. The lowest BCUT2D eigenvalue weighted by Gasteiger charge is -2.46. The number of ether oxygens (including phenoxy) is 1. The van der Waals surface area contributed by atoms with Gasteiger partial charge in [-0.2, -0.15) is 0 Å². The van der Waals surface area contributed by atoms with E-state index in [1.54, 1.807) is 6.26 Å². The molecule has 2 heterocycles. The highest BCUT2D eigenvalue weighted by Gasteiger charge is 2.44. The van der Waals surface area contributed by atoms with Crippen LogP contribution < -0.4 is 0 Å². The fourth-order valence-corrected chi connectivity index (χ4v) is 3.66. The first-order valence-corrected chi connectivity index (χ1v) is 6.52. The molecule has 0 unspecified atom stereocenters. The van der Waals surface area contributed by atoms with Gasteiger partial charge < -0.3 is 9.15 Å². The van der Waals surface area contributed by atoms with E-state index in [0.717, 1.165) is 12.4 Å². The van der Waals surface area contributed by atoms with Gasteiger partial charge in [-0.05, 0) is 36.8 Å². The van der Waals surface area contributed by atoms with Gasteiger partial charge >= 0.3 is 0 Å². The zero-order valence-electron chi connectivity index (χ0n) is 10.7. The Morgan fingerprint density at radius 3 is 2.82 bits per heavy atom. The molecule has 3 rings (SSSR count). The van der Waals surface area contributed by atoms with E-state index < -0.39 is 0 Å². The molecule has 1 saturated heterocycles. The van der Waals surface area contributed by atoms with Crippen molar-refractivity contribution in [2.24, 2.45) is 23.7 Å². The summed E-state index contributed by atoms with van der Waals surface area (Å²) >= 11 is 0. The van der Waals surface area contributed by atoms with Gasteiger partial charge in [0.2, 0.25) is 0 Å². The van der Waals surface area contributed by atoms with Crippen LogP contribution in [0.1, 0.15) is 32.6 Å². The van der Waals surface area contributed by atoms with E-state index in [1.807, 2.05) is 12.1 Å².